The van der Waals surface area contributed by atoms with Crippen LogP contribution in [-0.4, -0.2) is 18.9 Å². The lowest BCUT2D eigenvalue weighted by Gasteiger charge is -2.08. The smallest absolute Gasteiger partial charge is 0.258 e. The van der Waals surface area contributed by atoms with Gasteiger partial charge in [0.15, 0.2) is 0 Å². The maximum Gasteiger partial charge on any atom is 0.352 e. The van der Waals surface area contributed by atoms with Crippen LogP contribution in [0.2, 0.25) is 0 Å². The first kappa shape index (κ1) is 12.2. The van der Waals surface area contributed by atoms with Gasteiger partial charge in [-0.1, -0.05) is 12.2 Å². The third-order valence-electron chi connectivity index (χ3n) is 3.16. The number of nitro benzene ring substituents is 1. The van der Waals surface area contributed by atoms with Crippen molar-refractivity contribution in [2.45, 2.75) is 13.1 Å². The number of hydrogen-bond acceptors (Lipinski definition) is 4. The van der Waals surface area contributed by atoms with E-state index >= 15 is 0 Å². The summed E-state index contributed by atoms with van der Waals surface area (Å²) in [6.45, 7) is 0.683. The minimum absolute atomic E-state index is 0.0902. The summed E-state index contributed by atoms with van der Waals surface area (Å²) in [5.41, 5.74) is -0.672. The molecular weight excluding hydrogens is 264 g/mol. The molecule has 0 aliphatic carbocycles. The molecule has 1 aromatic carbocycles. The minimum atomic E-state index is -0.534. The van der Waals surface area contributed by atoms with Gasteiger partial charge < -0.3 is 0 Å². The Morgan fingerprint density at radius 2 is 1.45 bits per heavy atom. The van der Waals surface area contributed by atoms with Crippen molar-refractivity contribution in [3.8, 4) is 5.69 Å². The molecule has 0 unspecified atom stereocenters. The van der Waals surface area contributed by atoms with Crippen LogP contribution in [0.3, 0.4) is 0 Å². The van der Waals surface area contributed by atoms with Crippen LogP contribution in [0.1, 0.15) is 0 Å². The average Bonchev–Trinajstić information content (AvgIpc) is 2.72. The molecule has 2 heterocycles. The van der Waals surface area contributed by atoms with Gasteiger partial charge in [-0.3, -0.25) is 10.1 Å². The number of allylic oxidation sites excluding steroid dienone is 2. The summed E-state index contributed by atoms with van der Waals surface area (Å²) in [6.07, 6.45) is 3.61. The van der Waals surface area contributed by atoms with Crippen molar-refractivity contribution in [1.29, 1.82) is 0 Å². The molecule has 1 aliphatic rings. The van der Waals surface area contributed by atoms with E-state index in [1.807, 2.05) is 0 Å². The van der Waals surface area contributed by atoms with Crippen LogP contribution >= 0.6 is 0 Å². The maximum absolute atomic E-state index is 12.2. The first-order chi connectivity index (χ1) is 9.59. The standard InChI is InChI=1S/C12H10N4O4/c17-11-13-7-1-2-8-14(13)12(18)15(11)9-3-5-10(6-4-9)16(19)20/h1-6H,7-8H2. The molecule has 0 radical (unpaired) electrons. The van der Waals surface area contributed by atoms with E-state index in [1.54, 1.807) is 12.2 Å². The van der Waals surface area contributed by atoms with Crippen molar-refractivity contribution in [1.82, 2.24) is 13.9 Å². The first-order valence-corrected chi connectivity index (χ1v) is 5.92. The molecule has 1 aromatic heterocycles. The highest BCUT2D eigenvalue weighted by Gasteiger charge is 2.18. The Labute approximate surface area is 111 Å². The van der Waals surface area contributed by atoms with Crippen molar-refractivity contribution in [2.75, 3.05) is 0 Å². The zero-order chi connectivity index (χ0) is 14.3. The van der Waals surface area contributed by atoms with Crippen molar-refractivity contribution < 1.29 is 4.92 Å². The van der Waals surface area contributed by atoms with Gasteiger partial charge in [-0.05, 0) is 12.1 Å². The zero-order valence-electron chi connectivity index (χ0n) is 10.3. The third kappa shape index (κ3) is 1.69. The second-order valence-electron chi connectivity index (χ2n) is 4.31. The fourth-order valence-corrected chi connectivity index (χ4v) is 2.17. The van der Waals surface area contributed by atoms with Crippen LogP contribution in [0.15, 0.2) is 46.0 Å². The summed E-state index contributed by atoms with van der Waals surface area (Å²) < 4.78 is 3.68. The predicted octanol–water partition coefficient (Wildman–Crippen LogP) is 0.279. The highest BCUT2D eigenvalue weighted by atomic mass is 16.6. The second kappa shape index (κ2) is 4.34. The highest BCUT2D eigenvalue weighted by molar-refractivity contribution is 5.40. The molecule has 0 saturated heterocycles. The SMILES string of the molecule is O=c1n(-c2ccc([N+](=O)[O-])cc2)c(=O)n2n1CC=CC2. The van der Waals surface area contributed by atoms with Crippen molar-refractivity contribution >= 4 is 5.69 Å². The molecule has 0 amide bonds. The van der Waals surface area contributed by atoms with E-state index in [4.69, 9.17) is 0 Å². The normalized spacial score (nSPS) is 13.2. The van der Waals surface area contributed by atoms with Crippen molar-refractivity contribution in [3.05, 3.63) is 67.5 Å². The van der Waals surface area contributed by atoms with Crippen LogP contribution in [-0.2, 0) is 13.1 Å². The van der Waals surface area contributed by atoms with Crippen LogP contribution in [0, 0.1) is 10.1 Å². The fourth-order valence-electron chi connectivity index (χ4n) is 2.17. The summed E-state index contributed by atoms with van der Waals surface area (Å²) in [4.78, 5) is 34.4. The van der Waals surface area contributed by atoms with Crippen molar-refractivity contribution in [2.24, 2.45) is 0 Å². The fraction of sp³-hybridized carbons (Fsp3) is 0.167. The number of aromatic nitrogens is 3. The molecule has 0 N–H and O–H groups in total. The molecular formula is C12H10N4O4. The number of rotatable bonds is 2. The molecule has 1 aliphatic heterocycles. The number of hydrogen-bond donors (Lipinski definition) is 0. The summed E-state index contributed by atoms with van der Waals surface area (Å²) in [5.74, 6) is 0. The number of fused-ring (bicyclic) bond motifs is 1. The monoisotopic (exact) mass is 274 g/mol. The van der Waals surface area contributed by atoms with Gasteiger partial charge in [0.1, 0.15) is 0 Å². The van der Waals surface area contributed by atoms with E-state index in [0.29, 0.717) is 18.8 Å². The minimum Gasteiger partial charge on any atom is -0.258 e. The Bertz CT molecular complexity index is 783. The van der Waals surface area contributed by atoms with E-state index in [2.05, 4.69) is 0 Å². The quantitative estimate of drug-likeness (QED) is 0.446. The molecule has 102 valence electrons. The Balaban J connectivity index is 2.16. The molecule has 8 heteroatoms. The highest BCUT2D eigenvalue weighted by Crippen LogP contribution is 2.13. The van der Waals surface area contributed by atoms with Crippen molar-refractivity contribution in [3.63, 3.8) is 0 Å². The first-order valence-electron chi connectivity index (χ1n) is 5.92. The Morgan fingerprint density at radius 1 is 0.950 bits per heavy atom. The van der Waals surface area contributed by atoms with Gasteiger partial charge in [-0.2, -0.15) is 0 Å². The summed E-state index contributed by atoms with van der Waals surface area (Å²) in [7, 11) is 0. The number of benzene rings is 1. The van der Waals surface area contributed by atoms with Gasteiger partial charge in [0, 0.05) is 12.1 Å². The van der Waals surface area contributed by atoms with Gasteiger partial charge in [-0.25, -0.2) is 23.5 Å². The zero-order valence-corrected chi connectivity index (χ0v) is 10.3. The van der Waals surface area contributed by atoms with Gasteiger partial charge in [0.2, 0.25) is 0 Å². The molecule has 0 fully saturated rings. The molecule has 3 rings (SSSR count). The molecule has 8 nitrogen and oxygen atoms in total. The van der Waals surface area contributed by atoms with Crippen LogP contribution in [0.5, 0.6) is 0 Å². The Hall–Kier alpha value is -2.90. The van der Waals surface area contributed by atoms with E-state index in [9.17, 15) is 19.7 Å². The summed E-state index contributed by atoms with van der Waals surface area (Å²) in [5, 5.41) is 10.6. The third-order valence-corrected chi connectivity index (χ3v) is 3.16. The van der Waals surface area contributed by atoms with E-state index in [-0.39, 0.29) is 5.69 Å². The molecule has 0 saturated carbocycles. The maximum atomic E-state index is 12.2. The number of non-ortho nitro benzene ring substituents is 1. The lowest BCUT2D eigenvalue weighted by Crippen LogP contribution is -2.28. The van der Waals surface area contributed by atoms with Gasteiger partial charge in [0.05, 0.1) is 23.7 Å². The molecule has 20 heavy (non-hydrogen) atoms. The average molecular weight is 274 g/mol. The number of nitro groups is 1. The van der Waals surface area contributed by atoms with Gasteiger partial charge in [-0.15, -0.1) is 0 Å². The lowest BCUT2D eigenvalue weighted by molar-refractivity contribution is -0.384. The van der Waals surface area contributed by atoms with Gasteiger partial charge >= 0.3 is 11.4 Å². The summed E-state index contributed by atoms with van der Waals surface area (Å²) in [6, 6.07) is 5.31. The predicted molar refractivity (Wildman–Crippen MR) is 70.1 cm³/mol. The van der Waals surface area contributed by atoms with E-state index in [0.717, 1.165) is 4.57 Å². The topological polar surface area (TPSA) is 92.1 Å². The van der Waals surface area contributed by atoms with E-state index in [1.165, 1.54) is 33.6 Å². The number of nitrogens with zero attached hydrogens (tertiary/aromatic N) is 4. The summed E-state index contributed by atoms with van der Waals surface area (Å²) >= 11 is 0. The second-order valence-corrected chi connectivity index (χ2v) is 4.31. The molecule has 0 bridgehead atoms. The Kier molecular flexibility index (Phi) is 2.63. The van der Waals surface area contributed by atoms with Gasteiger partial charge in [0.25, 0.3) is 5.69 Å². The lowest BCUT2D eigenvalue weighted by atomic mass is 10.3. The van der Waals surface area contributed by atoms with E-state index < -0.39 is 16.3 Å². The largest absolute Gasteiger partial charge is 0.352 e. The molecule has 2 aromatic rings. The van der Waals surface area contributed by atoms with Crippen LogP contribution < -0.4 is 11.4 Å². The van der Waals surface area contributed by atoms with Crippen LogP contribution in [0.4, 0.5) is 5.69 Å². The molecule has 0 atom stereocenters. The van der Waals surface area contributed by atoms with Crippen LogP contribution in [0.25, 0.3) is 5.69 Å². The Morgan fingerprint density at radius 3 is 1.90 bits per heavy atom. The molecule has 0 spiro atoms.